The van der Waals surface area contributed by atoms with Crippen molar-refractivity contribution in [1.82, 2.24) is 9.88 Å². The minimum Gasteiger partial charge on any atom is -0.302 e. The molecule has 6 nitrogen and oxygen atoms in total. The Bertz CT molecular complexity index is 1250. The molecule has 1 heterocycles. The number of rotatable bonds is 9. The Morgan fingerprint density at radius 2 is 1.82 bits per heavy atom. The topological polar surface area (TPSA) is 70.6 Å². The van der Waals surface area contributed by atoms with Gasteiger partial charge in [0.1, 0.15) is 0 Å². The van der Waals surface area contributed by atoms with E-state index in [-0.39, 0.29) is 10.8 Å². The first-order valence-electron chi connectivity index (χ1n) is 11.0. The van der Waals surface area contributed by atoms with E-state index in [1.165, 1.54) is 23.5 Å². The third kappa shape index (κ3) is 5.57. The van der Waals surface area contributed by atoms with Gasteiger partial charge in [0.25, 0.3) is 5.91 Å². The standard InChI is InChI=1S/C24H30ClN3O3S2/c1-6-27(7-2)11-12-28(24-26-22-17(5)13-19(25)15-21(22)32-24)23(29)18-9-8-10-20(14-18)33(30,31)16(3)4/h8-10,13-16H,6-7,11-12H2,1-5H3. The van der Waals surface area contributed by atoms with Crippen molar-refractivity contribution in [1.29, 1.82) is 0 Å². The Morgan fingerprint density at radius 1 is 1.12 bits per heavy atom. The molecule has 0 aliphatic carbocycles. The van der Waals surface area contributed by atoms with Gasteiger partial charge in [-0.2, -0.15) is 0 Å². The van der Waals surface area contributed by atoms with Gasteiger partial charge in [-0.15, -0.1) is 0 Å². The van der Waals surface area contributed by atoms with Crippen molar-refractivity contribution in [2.24, 2.45) is 0 Å². The molecule has 0 unspecified atom stereocenters. The molecule has 0 spiro atoms. The normalized spacial score (nSPS) is 12.1. The first-order chi connectivity index (χ1) is 15.6. The smallest absolute Gasteiger partial charge is 0.260 e. The van der Waals surface area contributed by atoms with E-state index in [4.69, 9.17) is 16.6 Å². The van der Waals surface area contributed by atoms with Gasteiger partial charge in [0, 0.05) is 23.7 Å². The maximum absolute atomic E-state index is 13.7. The number of aryl methyl sites for hydroxylation is 1. The monoisotopic (exact) mass is 507 g/mol. The maximum atomic E-state index is 13.7. The molecule has 0 saturated carbocycles. The van der Waals surface area contributed by atoms with Crippen LogP contribution in [-0.4, -0.2) is 55.6 Å². The zero-order chi connectivity index (χ0) is 24.3. The molecule has 3 rings (SSSR count). The molecule has 9 heteroatoms. The predicted octanol–water partition coefficient (Wildman–Crippen LogP) is 5.43. The van der Waals surface area contributed by atoms with E-state index in [9.17, 15) is 13.2 Å². The second-order valence-corrected chi connectivity index (χ2v) is 12.1. The summed E-state index contributed by atoms with van der Waals surface area (Å²) in [5.74, 6) is -0.272. The van der Waals surface area contributed by atoms with E-state index in [2.05, 4.69) is 18.7 Å². The summed E-state index contributed by atoms with van der Waals surface area (Å²) in [7, 11) is -3.49. The van der Waals surface area contributed by atoms with Gasteiger partial charge in [-0.1, -0.05) is 42.9 Å². The zero-order valence-electron chi connectivity index (χ0n) is 19.6. The highest BCUT2D eigenvalue weighted by Crippen LogP contribution is 2.34. The highest BCUT2D eigenvalue weighted by Gasteiger charge is 2.25. The molecule has 2 aromatic carbocycles. The number of sulfone groups is 1. The van der Waals surface area contributed by atoms with Crippen LogP contribution in [0.25, 0.3) is 10.2 Å². The van der Waals surface area contributed by atoms with E-state index >= 15 is 0 Å². The SMILES string of the molecule is CCN(CC)CCN(C(=O)c1cccc(S(=O)(=O)C(C)C)c1)c1nc2c(C)cc(Cl)cc2s1. The lowest BCUT2D eigenvalue weighted by Gasteiger charge is -2.25. The molecule has 0 saturated heterocycles. The summed E-state index contributed by atoms with van der Waals surface area (Å²) < 4.78 is 26.3. The summed E-state index contributed by atoms with van der Waals surface area (Å²) in [6, 6.07) is 9.99. The van der Waals surface area contributed by atoms with Crippen molar-refractivity contribution in [3.05, 3.63) is 52.5 Å². The lowest BCUT2D eigenvalue weighted by molar-refractivity contribution is 0.0983. The van der Waals surface area contributed by atoms with E-state index in [0.29, 0.717) is 28.8 Å². The van der Waals surface area contributed by atoms with Gasteiger partial charge in [0.15, 0.2) is 15.0 Å². The number of carbonyl (C=O) groups excluding carboxylic acids is 1. The molecule has 178 valence electrons. The van der Waals surface area contributed by atoms with Crippen LogP contribution in [0.3, 0.4) is 0 Å². The average molecular weight is 508 g/mol. The Kier molecular flexibility index (Phi) is 8.16. The quantitative estimate of drug-likeness (QED) is 0.386. The Balaban J connectivity index is 2.05. The number of hydrogen-bond donors (Lipinski definition) is 0. The predicted molar refractivity (Wildman–Crippen MR) is 138 cm³/mol. The van der Waals surface area contributed by atoms with Crippen LogP contribution >= 0.6 is 22.9 Å². The van der Waals surface area contributed by atoms with Gasteiger partial charge in [0.05, 0.1) is 20.4 Å². The summed E-state index contributed by atoms with van der Waals surface area (Å²) in [4.78, 5) is 22.5. The van der Waals surface area contributed by atoms with Gasteiger partial charge in [-0.05, 0) is 69.8 Å². The number of hydrogen-bond acceptors (Lipinski definition) is 6. The molecule has 0 aliphatic rings. The number of likely N-dealkylation sites (N-methyl/N-ethyl adjacent to an activating group) is 1. The van der Waals surface area contributed by atoms with E-state index in [1.807, 2.05) is 19.1 Å². The molecule has 3 aromatic rings. The number of amides is 1. The summed E-state index contributed by atoms with van der Waals surface area (Å²) in [5, 5.41) is 0.631. The molecular weight excluding hydrogens is 478 g/mol. The number of nitrogens with zero attached hydrogens (tertiary/aromatic N) is 3. The van der Waals surface area contributed by atoms with Crippen LogP contribution in [0.4, 0.5) is 5.13 Å². The fourth-order valence-electron chi connectivity index (χ4n) is 3.56. The fraction of sp³-hybridized carbons (Fsp3) is 0.417. The number of thiazole rings is 1. The van der Waals surface area contributed by atoms with E-state index < -0.39 is 15.1 Å². The molecule has 0 fully saturated rings. The minimum absolute atomic E-state index is 0.152. The molecule has 1 amide bonds. The molecule has 1 aromatic heterocycles. The minimum atomic E-state index is -3.49. The molecule has 0 N–H and O–H groups in total. The zero-order valence-corrected chi connectivity index (χ0v) is 22.0. The lowest BCUT2D eigenvalue weighted by Crippen LogP contribution is -2.39. The number of carbonyl (C=O) groups is 1. The first kappa shape index (κ1) is 25.6. The molecule has 0 atom stereocenters. The van der Waals surface area contributed by atoms with Crippen molar-refractivity contribution < 1.29 is 13.2 Å². The second kappa shape index (κ2) is 10.5. The summed E-state index contributed by atoms with van der Waals surface area (Å²) in [6.45, 7) is 12.2. The molecule has 0 aliphatic heterocycles. The van der Waals surface area contributed by atoms with Crippen LogP contribution in [0.1, 0.15) is 43.6 Å². The van der Waals surface area contributed by atoms with E-state index in [0.717, 1.165) is 28.9 Å². The highest BCUT2D eigenvalue weighted by atomic mass is 35.5. The van der Waals surface area contributed by atoms with Gasteiger partial charge >= 0.3 is 0 Å². The molecule has 0 bridgehead atoms. The van der Waals surface area contributed by atoms with E-state index in [1.54, 1.807) is 30.9 Å². The lowest BCUT2D eigenvalue weighted by atomic mass is 10.2. The van der Waals surface area contributed by atoms with Crippen LogP contribution in [-0.2, 0) is 9.84 Å². The molecule has 0 radical (unpaired) electrons. The maximum Gasteiger partial charge on any atom is 0.260 e. The average Bonchev–Trinajstić information content (AvgIpc) is 3.20. The van der Waals surface area contributed by atoms with Gasteiger partial charge in [-0.3, -0.25) is 9.69 Å². The highest BCUT2D eigenvalue weighted by molar-refractivity contribution is 7.92. The van der Waals surface area contributed by atoms with Crippen LogP contribution in [0.15, 0.2) is 41.3 Å². The third-order valence-electron chi connectivity index (χ3n) is 5.68. The largest absolute Gasteiger partial charge is 0.302 e. The Morgan fingerprint density at radius 3 is 2.45 bits per heavy atom. The van der Waals surface area contributed by atoms with Crippen molar-refractivity contribution in [2.75, 3.05) is 31.1 Å². The number of benzene rings is 2. The summed E-state index contributed by atoms with van der Waals surface area (Å²) in [5.41, 5.74) is 2.09. The number of anilines is 1. The van der Waals surface area contributed by atoms with Crippen molar-refractivity contribution >= 4 is 54.0 Å². The summed E-state index contributed by atoms with van der Waals surface area (Å²) in [6.07, 6.45) is 0. The fourth-order valence-corrected chi connectivity index (χ4v) is 6.11. The Hall–Kier alpha value is -2.00. The number of halogens is 1. The molecule has 33 heavy (non-hydrogen) atoms. The second-order valence-electron chi connectivity index (χ2n) is 8.17. The van der Waals surface area contributed by atoms with Gasteiger partial charge < -0.3 is 4.90 Å². The van der Waals surface area contributed by atoms with Gasteiger partial charge in [0.2, 0.25) is 0 Å². The van der Waals surface area contributed by atoms with Crippen LogP contribution in [0, 0.1) is 6.92 Å². The van der Waals surface area contributed by atoms with Gasteiger partial charge in [-0.25, -0.2) is 13.4 Å². The first-order valence-corrected chi connectivity index (χ1v) is 13.8. The van der Waals surface area contributed by atoms with Crippen LogP contribution in [0.2, 0.25) is 5.02 Å². The number of aromatic nitrogens is 1. The van der Waals surface area contributed by atoms with Crippen molar-refractivity contribution in [3.8, 4) is 0 Å². The van der Waals surface area contributed by atoms with Crippen molar-refractivity contribution in [3.63, 3.8) is 0 Å². The van der Waals surface area contributed by atoms with Crippen LogP contribution < -0.4 is 4.90 Å². The third-order valence-corrected chi connectivity index (χ3v) is 9.08. The van der Waals surface area contributed by atoms with Crippen LogP contribution in [0.5, 0.6) is 0 Å². The number of fused-ring (bicyclic) bond motifs is 1. The Labute approximate surface area is 205 Å². The molecular formula is C24H30ClN3O3S2. The summed E-state index contributed by atoms with van der Waals surface area (Å²) >= 11 is 7.64. The van der Waals surface area contributed by atoms with Crippen molar-refractivity contribution in [2.45, 2.75) is 44.8 Å².